The number of carbonyl (C=O) groups is 4. The maximum absolute atomic E-state index is 14.3. The van der Waals surface area contributed by atoms with Gasteiger partial charge in [0.05, 0.1) is 41.6 Å². The van der Waals surface area contributed by atoms with Crippen LogP contribution in [0.1, 0.15) is 31.2 Å². The molecule has 2 amide bonds. The van der Waals surface area contributed by atoms with Gasteiger partial charge in [0.1, 0.15) is 17.2 Å². The molecule has 1 heterocycles. The van der Waals surface area contributed by atoms with Crippen LogP contribution >= 0.6 is 0 Å². The average molecular weight is 659 g/mol. The van der Waals surface area contributed by atoms with Crippen molar-refractivity contribution in [3.05, 3.63) is 84.5 Å². The van der Waals surface area contributed by atoms with Crippen LogP contribution in [0.15, 0.2) is 58.7 Å². The van der Waals surface area contributed by atoms with Crippen molar-refractivity contribution in [2.24, 2.45) is 17.8 Å². The summed E-state index contributed by atoms with van der Waals surface area (Å²) in [6, 6.07) is 4.79. The number of aromatic hydroxyl groups is 1. The molecule has 1 aliphatic heterocycles. The summed E-state index contributed by atoms with van der Waals surface area (Å²) in [7, 11) is 5.56. The van der Waals surface area contributed by atoms with E-state index in [1.54, 1.807) is 6.08 Å². The van der Waals surface area contributed by atoms with Gasteiger partial charge in [-0.1, -0.05) is 11.6 Å². The highest BCUT2D eigenvalue weighted by atomic mass is 16.6. The van der Waals surface area contributed by atoms with Gasteiger partial charge >= 0.3 is 11.4 Å². The lowest BCUT2D eigenvalue weighted by atomic mass is 9.59. The lowest BCUT2D eigenvalue weighted by Crippen LogP contribution is -2.40. The van der Waals surface area contributed by atoms with E-state index in [-0.39, 0.29) is 63.7 Å². The van der Waals surface area contributed by atoms with Crippen LogP contribution in [0.5, 0.6) is 17.2 Å². The minimum atomic E-state index is -1.08. The molecule has 248 valence electrons. The van der Waals surface area contributed by atoms with Gasteiger partial charge in [-0.25, -0.2) is 4.90 Å². The number of hydrogen-bond acceptors (Lipinski definition) is 12. The van der Waals surface area contributed by atoms with Crippen LogP contribution < -0.4 is 19.3 Å². The van der Waals surface area contributed by atoms with Crippen molar-refractivity contribution in [1.29, 1.82) is 0 Å². The van der Waals surface area contributed by atoms with E-state index >= 15 is 0 Å². The number of nitro groups is 2. The molecule has 4 atom stereocenters. The number of Topliss-reactive ketones (excluding diaryl/α,β-unsaturated/α-hetero) is 1. The molecule has 0 radical (unpaired) electrons. The molecule has 1 N–H and O–H groups in total. The maximum Gasteiger partial charge on any atom is 0.301 e. The molecule has 48 heavy (non-hydrogen) atoms. The van der Waals surface area contributed by atoms with Crippen LogP contribution in [-0.4, -0.2) is 66.6 Å². The van der Waals surface area contributed by atoms with E-state index in [0.29, 0.717) is 5.57 Å². The van der Waals surface area contributed by atoms with Crippen LogP contribution in [0, 0.1) is 38.0 Å². The second kappa shape index (κ2) is 11.4. The number of methoxy groups -OCH3 is 2. The Morgan fingerprint density at radius 1 is 0.938 bits per heavy atom. The first-order valence-electron chi connectivity index (χ1n) is 14.9. The number of anilines is 2. The Bertz CT molecular complexity index is 1940. The molecule has 2 aromatic carbocycles. The first kappa shape index (κ1) is 32.1. The lowest BCUT2D eigenvalue weighted by molar-refractivity contribution is -0.392. The molecule has 0 bridgehead atoms. The standard InChI is InChI=1S/C33H30N4O11/c1-14-8-23(38)27-20(31(14)40)13-19-17(28(27)29-24(39)11-16(47-4)12-25(29)48-5)6-7-18-26(19)33(42)35(32(18)41)15-9-21(36(43)44)30(34(2)3)22(10-15)37(45)46/h6,8-12,18-19,26,28,39H,7,13H2,1-5H3. The summed E-state index contributed by atoms with van der Waals surface area (Å²) in [5.41, 5.74) is -0.799. The van der Waals surface area contributed by atoms with Crippen molar-refractivity contribution in [3.8, 4) is 17.2 Å². The Morgan fingerprint density at radius 3 is 2.15 bits per heavy atom. The normalized spacial score (nSPS) is 23.2. The van der Waals surface area contributed by atoms with Crippen LogP contribution in [0.25, 0.3) is 0 Å². The maximum atomic E-state index is 14.3. The second-order valence-electron chi connectivity index (χ2n) is 12.2. The Labute approximate surface area is 273 Å². The summed E-state index contributed by atoms with van der Waals surface area (Å²) in [6.07, 6.45) is 2.91. The number of phenolic OH excluding ortho intramolecular Hbond substituents is 1. The first-order chi connectivity index (χ1) is 22.7. The van der Waals surface area contributed by atoms with Crippen LogP contribution in [0.4, 0.5) is 22.7 Å². The van der Waals surface area contributed by atoms with Gasteiger partial charge in [0.15, 0.2) is 17.3 Å². The highest BCUT2D eigenvalue weighted by molar-refractivity contribution is 6.25. The fraction of sp³-hybridized carbons (Fsp3) is 0.333. The molecule has 1 fully saturated rings. The molecular formula is C33H30N4O11. The van der Waals surface area contributed by atoms with E-state index in [1.807, 2.05) is 0 Å². The van der Waals surface area contributed by atoms with Crippen molar-refractivity contribution in [2.45, 2.75) is 25.7 Å². The van der Waals surface area contributed by atoms with Gasteiger partial charge in [-0.2, -0.15) is 0 Å². The molecule has 15 heteroatoms. The number of fused-ring (bicyclic) bond motifs is 3. The number of carbonyl (C=O) groups excluding carboxylic acids is 4. The van der Waals surface area contributed by atoms with Gasteiger partial charge < -0.3 is 19.5 Å². The quantitative estimate of drug-likeness (QED) is 0.148. The number of nitro benzene ring substituents is 2. The number of hydrogen-bond donors (Lipinski definition) is 1. The summed E-state index contributed by atoms with van der Waals surface area (Å²) < 4.78 is 10.9. The highest BCUT2D eigenvalue weighted by Gasteiger charge is 2.57. The first-order valence-corrected chi connectivity index (χ1v) is 14.9. The molecule has 2 aromatic rings. The largest absolute Gasteiger partial charge is 0.507 e. The predicted octanol–water partition coefficient (Wildman–Crippen LogP) is 3.93. The van der Waals surface area contributed by atoms with Gasteiger partial charge in [-0.15, -0.1) is 0 Å². The Balaban J connectivity index is 1.52. The SMILES string of the molecule is COc1cc(O)c(C2C3=CCC4C(=O)N(c5cc([N+](=O)[O-])c(N(C)C)c([N+](=O)[O-])c5)C(=O)C4C3CC3=C2C(=O)C=C(C)C3=O)c(OC)c1. The van der Waals surface area contributed by atoms with E-state index in [9.17, 15) is 44.5 Å². The van der Waals surface area contributed by atoms with E-state index < -0.39 is 68.3 Å². The number of imide groups is 1. The summed E-state index contributed by atoms with van der Waals surface area (Å²) in [5.74, 6) is -6.05. The summed E-state index contributed by atoms with van der Waals surface area (Å²) >= 11 is 0. The van der Waals surface area contributed by atoms with Gasteiger partial charge in [-0.3, -0.25) is 39.4 Å². The summed E-state index contributed by atoms with van der Waals surface area (Å²) in [4.78, 5) is 79.9. The van der Waals surface area contributed by atoms with Gasteiger partial charge in [0.25, 0.3) is 0 Å². The third-order valence-corrected chi connectivity index (χ3v) is 9.55. The molecule has 15 nitrogen and oxygen atoms in total. The van der Waals surface area contributed by atoms with E-state index in [2.05, 4.69) is 0 Å². The Kier molecular flexibility index (Phi) is 7.65. The second-order valence-corrected chi connectivity index (χ2v) is 12.2. The number of allylic oxidation sites excluding steroid dienone is 6. The van der Waals surface area contributed by atoms with Crippen molar-refractivity contribution in [3.63, 3.8) is 0 Å². The van der Waals surface area contributed by atoms with Gasteiger partial charge in [0.2, 0.25) is 11.8 Å². The Morgan fingerprint density at radius 2 is 1.58 bits per heavy atom. The number of amides is 2. The van der Waals surface area contributed by atoms with Gasteiger partial charge in [0, 0.05) is 66.6 Å². The third kappa shape index (κ3) is 4.64. The van der Waals surface area contributed by atoms with Crippen molar-refractivity contribution < 1.29 is 43.6 Å². The van der Waals surface area contributed by atoms with Crippen molar-refractivity contribution in [2.75, 3.05) is 38.1 Å². The van der Waals surface area contributed by atoms with Crippen LogP contribution in [0.3, 0.4) is 0 Å². The molecule has 1 saturated heterocycles. The summed E-state index contributed by atoms with van der Waals surface area (Å²) in [6.45, 7) is 1.50. The number of ether oxygens (including phenoxy) is 2. The molecular weight excluding hydrogens is 628 g/mol. The smallest absolute Gasteiger partial charge is 0.301 e. The third-order valence-electron chi connectivity index (χ3n) is 9.55. The molecule has 0 spiro atoms. The van der Waals surface area contributed by atoms with Crippen LogP contribution in [-0.2, 0) is 19.2 Å². The van der Waals surface area contributed by atoms with Crippen molar-refractivity contribution in [1.82, 2.24) is 0 Å². The van der Waals surface area contributed by atoms with Crippen LogP contribution in [0.2, 0.25) is 0 Å². The zero-order valence-corrected chi connectivity index (χ0v) is 26.5. The number of rotatable bonds is 7. The van der Waals surface area contributed by atoms with E-state index in [1.165, 1.54) is 58.3 Å². The fourth-order valence-electron chi connectivity index (χ4n) is 7.59. The monoisotopic (exact) mass is 658 g/mol. The molecule has 4 unspecified atom stereocenters. The average Bonchev–Trinajstić information content (AvgIpc) is 3.30. The zero-order chi connectivity index (χ0) is 34.9. The number of benzene rings is 2. The van der Waals surface area contributed by atoms with E-state index in [0.717, 1.165) is 17.0 Å². The Hall–Kier alpha value is -5.86. The fourth-order valence-corrected chi connectivity index (χ4v) is 7.59. The molecule has 0 saturated carbocycles. The van der Waals surface area contributed by atoms with E-state index in [4.69, 9.17) is 9.47 Å². The highest BCUT2D eigenvalue weighted by Crippen LogP contribution is 2.58. The number of ketones is 2. The van der Waals surface area contributed by atoms with Gasteiger partial charge in [-0.05, 0) is 31.8 Å². The number of phenols is 1. The molecule has 3 aliphatic carbocycles. The number of nitrogens with zero attached hydrogens (tertiary/aromatic N) is 4. The summed E-state index contributed by atoms with van der Waals surface area (Å²) in [5, 5.41) is 35.3. The lowest BCUT2D eigenvalue weighted by Gasteiger charge is -2.42. The minimum absolute atomic E-state index is 0.0207. The molecule has 0 aromatic heterocycles. The van der Waals surface area contributed by atoms with Crippen molar-refractivity contribution >= 4 is 46.1 Å². The molecule has 4 aliphatic rings. The predicted molar refractivity (Wildman–Crippen MR) is 169 cm³/mol. The zero-order valence-electron chi connectivity index (χ0n) is 26.5. The topological polar surface area (TPSA) is 200 Å². The molecule has 6 rings (SSSR count). The minimum Gasteiger partial charge on any atom is -0.507 e.